The largest absolute Gasteiger partial charge is 0.356 e. The molecule has 2 aliphatic heterocycles. The number of hydrogen-bond donors (Lipinski definition) is 1. The fraction of sp³-hybridized carbons (Fsp3) is 0.571. The first-order valence-corrected chi connectivity index (χ1v) is 9.72. The summed E-state index contributed by atoms with van der Waals surface area (Å²) in [7, 11) is 1.90. The van der Waals surface area contributed by atoms with Crippen molar-refractivity contribution in [1.29, 1.82) is 0 Å². The summed E-state index contributed by atoms with van der Waals surface area (Å²) in [4.78, 5) is 9.47. The molecule has 2 aliphatic rings. The molecule has 0 radical (unpaired) electrons. The van der Waals surface area contributed by atoms with Gasteiger partial charge in [-0.05, 0) is 49.4 Å². The molecule has 0 amide bonds. The monoisotopic (exact) mass is 468 g/mol. The molecule has 1 aromatic rings. The van der Waals surface area contributed by atoms with E-state index < -0.39 is 0 Å². The zero-order chi connectivity index (χ0) is 17.5. The third kappa shape index (κ3) is 5.71. The highest BCUT2D eigenvalue weighted by Crippen LogP contribution is 2.22. The predicted molar refractivity (Wildman–Crippen MR) is 122 cm³/mol. The van der Waals surface area contributed by atoms with Crippen molar-refractivity contribution >= 4 is 35.5 Å². The molecule has 0 aromatic heterocycles. The van der Waals surface area contributed by atoms with E-state index in [0.29, 0.717) is 0 Å². The molecule has 2 heterocycles. The highest BCUT2D eigenvalue weighted by Gasteiger charge is 2.23. The third-order valence-electron chi connectivity index (χ3n) is 5.32. The summed E-state index contributed by atoms with van der Waals surface area (Å²) < 4.78 is 0. The van der Waals surface area contributed by atoms with Crippen LogP contribution in [0.3, 0.4) is 0 Å². The molecule has 4 nitrogen and oxygen atoms in total. The van der Waals surface area contributed by atoms with E-state index in [0.717, 1.165) is 37.9 Å². The lowest BCUT2D eigenvalue weighted by atomic mass is 10.00. The van der Waals surface area contributed by atoms with E-state index in [9.17, 15) is 0 Å². The van der Waals surface area contributed by atoms with Gasteiger partial charge in [0.15, 0.2) is 5.96 Å². The maximum atomic E-state index is 4.51. The van der Waals surface area contributed by atoms with E-state index in [2.05, 4.69) is 63.4 Å². The SMILES string of the molecule is CCCN1CCC(CNC(=NC)N2CC=C(c3ccccc3)CC2)C1.I. The Kier molecular flexibility index (Phi) is 8.91. The van der Waals surface area contributed by atoms with Gasteiger partial charge >= 0.3 is 0 Å². The van der Waals surface area contributed by atoms with Crippen LogP contribution >= 0.6 is 24.0 Å². The lowest BCUT2D eigenvalue weighted by Gasteiger charge is -2.30. The molecule has 0 aliphatic carbocycles. The smallest absolute Gasteiger partial charge is 0.193 e. The van der Waals surface area contributed by atoms with E-state index in [4.69, 9.17) is 0 Å². The first kappa shape index (κ1) is 21.2. The quantitative estimate of drug-likeness (QED) is 0.406. The molecule has 1 atom stereocenters. The van der Waals surface area contributed by atoms with Crippen molar-refractivity contribution in [2.24, 2.45) is 10.9 Å². The number of nitrogens with one attached hydrogen (secondary N) is 1. The minimum absolute atomic E-state index is 0. The van der Waals surface area contributed by atoms with Crippen LogP contribution in [0.4, 0.5) is 0 Å². The number of guanidine groups is 1. The molecule has 0 saturated carbocycles. The Morgan fingerprint density at radius 1 is 1.23 bits per heavy atom. The third-order valence-corrected chi connectivity index (χ3v) is 5.32. The van der Waals surface area contributed by atoms with E-state index in [-0.39, 0.29) is 24.0 Å². The lowest BCUT2D eigenvalue weighted by molar-refractivity contribution is 0.323. The van der Waals surface area contributed by atoms with E-state index in [1.165, 1.54) is 43.6 Å². The van der Waals surface area contributed by atoms with Crippen molar-refractivity contribution in [2.75, 3.05) is 46.3 Å². The second-order valence-corrected chi connectivity index (χ2v) is 7.17. The van der Waals surface area contributed by atoms with Crippen LogP contribution in [0.5, 0.6) is 0 Å². The van der Waals surface area contributed by atoms with Gasteiger partial charge in [-0.25, -0.2) is 0 Å². The summed E-state index contributed by atoms with van der Waals surface area (Å²) >= 11 is 0. The zero-order valence-corrected chi connectivity index (χ0v) is 18.5. The second kappa shape index (κ2) is 10.9. The molecule has 1 unspecified atom stereocenters. The minimum atomic E-state index is 0. The number of aliphatic imine (C=N–C) groups is 1. The molecular formula is C21H33IN4. The van der Waals surface area contributed by atoms with Gasteiger partial charge in [-0.2, -0.15) is 0 Å². The van der Waals surface area contributed by atoms with Gasteiger partial charge < -0.3 is 15.1 Å². The fourth-order valence-electron chi connectivity index (χ4n) is 3.94. The number of hydrogen-bond acceptors (Lipinski definition) is 2. The van der Waals surface area contributed by atoms with E-state index in [1.807, 2.05) is 7.05 Å². The maximum absolute atomic E-state index is 4.51. The molecule has 5 heteroatoms. The summed E-state index contributed by atoms with van der Waals surface area (Å²) in [6.07, 6.45) is 6.00. The first-order valence-electron chi connectivity index (χ1n) is 9.72. The van der Waals surface area contributed by atoms with Gasteiger partial charge in [0.25, 0.3) is 0 Å². The molecule has 3 rings (SSSR count). The van der Waals surface area contributed by atoms with Gasteiger partial charge in [0.1, 0.15) is 0 Å². The standard InChI is InChI=1S/C21H32N4.HI/c1-3-12-24-13-9-18(17-24)16-23-21(22-2)25-14-10-20(11-15-25)19-7-5-4-6-8-19;/h4-8,10,18H,3,9,11-17H2,1-2H3,(H,22,23);1H. The minimum Gasteiger partial charge on any atom is -0.356 e. The summed E-state index contributed by atoms with van der Waals surface area (Å²) in [5.41, 5.74) is 2.81. The van der Waals surface area contributed by atoms with Crippen LogP contribution in [0, 0.1) is 5.92 Å². The van der Waals surface area contributed by atoms with Crippen molar-refractivity contribution in [3.8, 4) is 0 Å². The van der Waals surface area contributed by atoms with E-state index in [1.54, 1.807) is 0 Å². The lowest BCUT2D eigenvalue weighted by Crippen LogP contribution is -2.45. The zero-order valence-electron chi connectivity index (χ0n) is 16.2. The topological polar surface area (TPSA) is 30.9 Å². The summed E-state index contributed by atoms with van der Waals surface area (Å²) in [5.74, 6) is 1.81. The van der Waals surface area contributed by atoms with Crippen molar-refractivity contribution in [3.05, 3.63) is 42.0 Å². The van der Waals surface area contributed by atoms with Gasteiger partial charge in [-0.1, -0.05) is 43.3 Å². The fourth-order valence-corrected chi connectivity index (χ4v) is 3.94. The molecule has 1 N–H and O–H groups in total. The van der Waals surface area contributed by atoms with Crippen LogP contribution in [0.1, 0.15) is 31.7 Å². The Balaban J connectivity index is 0.00000243. The summed E-state index contributed by atoms with van der Waals surface area (Å²) in [5, 5.41) is 3.62. The van der Waals surface area contributed by atoms with Crippen LogP contribution in [-0.2, 0) is 0 Å². The van der Waals surface area contributed by atoms with Crippen molar-refractivity contribution < 1.29 is 0 Å². The number of likely N-dealkylation sites (tertiary alicyclic amines) is 1. The predicted octanol–water partition coefficient (Wildman–Crippen LogP) is 3.70. The Morgan fingerprint density at radius 3 is 2.69 bits per heavy atom. The van der Waals surface area contributed by atoms with Gasteiger partial charge in [-0.3, -0.25) is 4.99 Å². The van der Waals surface area contributed by atoms with Crippen molar-refractivity contribution in [3.63, 3.8) is 0 Å². The highest BCUT2D eigenvalue weighted by atomic mass is 127. The molecule has 26 heavy (non-hydrogen) atoms. The molecule has 0 bridgehead atoms. The summed E-state index contributed by atoms with van der Waals surface area (Å²) in [6.45, 7) is 9.01. The van der Waals surface area contributed by atoms with Gasteiger partial charge in [0, 0.05) is 33.2 Å². The Morgan fingerprint density at radius 2 is 2.04 bits per heavy atom. The molecule has 1 fully saturated rings. The van der Waals surface area contributed by atoms with Crippen molar-refractivity contribution in [2.45, 2.75) is 26.2 Å². The Bertz CT molecular complexity index is 599. The molecule has 1 aromatic carbocycles. The molecular weight excluding hydrogens is 435 g/mol. The highest BCUT2D eigenvalue weighted by molar-refractivity contribution is 14.0. The van der Waals surface area contributed by atoms with Crippen LogP contribution in [0.25, 0.3) is 5.57 Å². The van der Waals surface area contributed by atoms with Crippen LogP contribution in [0.15, 0.2) is 41.4 Å². The Labute approximate surface area is 175 Å². The maximum Gasteiger partial charge on any atom is 0.193 e. The van der Waals surface area contributed by atoms with Crippen LogP contribution in [0.2, 0.25) is 0 Å². The van der Waals surface area contributed by atoms with Gasteiger partial charge in [-0.15, -0.1) is 24.0 Å². The van der Waals surface area contributed by atoms with Crippen molar-refractivity contribution in [1.82, 2.24) is 15.1 Å². The molecule has 0 spiro atoms. The summed E-state index contributed by atoms with van der Waals surface area (Å²) in [6, 6.07) is 10.7. The molecule has 1 saturated heterocycles. The Hall–Kier alpha value is -1.08. The number of benzene rings is 1. The number of halogens is 1. The normalized spacial score (nSPS) is 21.3. The van der Waals surface area contributed by atoms with E-state index >= 15 is 0 Å². The van der Waals surface area contributed by atoms with Gasteiger partial charge in [0.05, 0.1) is 0 Å². The first-order chi connectivity index (χ1) is 12.3. The second-order valence-electron chi connectivity index (χ2n) is 7.17. The van der Waals surface area contributed by atoms with Gasteiger partial charge in [0.2, 0.25) is 0 Å². The number of rotatable bonds is 5. The average Bonchev–Trinajstić information content (AvgIpc) is 3.11. The molecule has 144 valence electrons. The average molecular weight is 468 g/mol. The van der Waals surface area contributed by atoms with Crippen LogP contribution < -0.4 is 5.32 Å². The van der Waals surface area contributed by atoms with Crippen LogP contribution in [-0.4, -0.2) is 62.1 Å². The number of nitrogens with zero attached hydrogens (tertiary/aromatic N) is 3.